The van der Waals surface area contributed by atoms with Gasteiger partial charge in [-0.05, 0) is 51.1 Å². The van der Waals surface area contributed by atoms with Crippen molar-refractivity contribution in [3.8, 4) is 0 Å². The number of anilines is 1. The number of sulfone groups is 1. The summed E-state index contributed by atoms with van der Waals surface area (Å²) in [5.41, 5.74) is 1.77. The molecule has 0 atom stereocenters. The Balaban J connectivity index is 1.60. The standard InChI is InChI=1S/C23H26N4O5S2/c1-15(2)32-22(29)17-6-5-7-18(12-17)24-21(28)13-33-23-26-25-20(27(23)4)14-34(30,31)19-10-8-16(3)9-11-19/h5-12,15H,13-14H2,1-4H3,(H,24,28). The Morgan fingerprint density at radius 3 is 2.50 bits per heavy atom. The zero-order valence-corrected chi connectivity index (χ0v) is 20.9. The molecule has 180 valence electrons. The average Bonchev–Trinajstić information content (AvgIpc) is 3.11. The lowest BCUT2D eigenvalue weighted by Gasteiger charge is -2.10. The summed E-state index contributed by atoms with van der Waals surface area (Å²) in [6.45, 7) is 5.41. The summed E-state index contributed by atoms with van der Waals surface area (Å²) in [5.74, 6) is -0.771. The number of carbonyl (C=O) groups is 2. The number of carbonyl (C=O) groups excluding carboxylic acids is 2. The van der Waals surface area contributed by atoms with Crippen LogP contribution in [0.3, 0.4) is 0 Å². The van der Waals surface area contributed by atoms with E-state index in [1.807, 2.05) is 6.92 Å². The van der Waals surface area contributed by atoms with E-state index in [1.54, 1.807) is 74.0 Å². The lowest BCUT2D eigenvalue weighted by Crippen LogP contribution is -2.16. The van der Waals surface area contributed by atoms with Gasteiger partial charge in [-0.15, -0.1) is 10.2 Å². The second-order valence-corrected chi connectivity index (χ2v) is 10.8. The third-order valence-electron chi connectivity index (χ3n) is 4.68. The number of thioether (sulfide) groups is 1. The summed E-state index contributed by atoms with van der Waals surface area (Å²) >= 11 is 1.13. The number of nitrogens with zero attached hydrogens (tertiary/aromatic N) is 3. The van der Waals surface area contributed by atoms with Crippen LogP contribution in [0.2, 0.25) is 0 Å². The highest BCUT2D eigenvalue weighted by Crippen LogP contribution is 2.21. The van der Waals surface area contributed by atoms with E-state index in [1.165, 1.54) is 0 Å². The highest BCUT2D eigenvalue weighted by Gasteiger charge is 2.21. The van der Waals surface area contributed by atoms with Crippen LogP contribution in [0.4, 0.5) is 5.69 Å². The molecule has 1 aromatic heterocycles. The van der Waals surface area contributed by atoms with Crippen molar-refractivity contribution < 1.29 is 22.7 Å². The maximum atomic E-state index is 12.7. The molecule has 9 nitrogen and oxygen atoms in total. The van der Waals surface area contributed by atoms with Crippen molar-refractivity contribution in [2.24, 2.45) is 7.05 Å². The van der Waals surface area contributed by atoms with Gasteiger partial charge in [-0.3, -0.25) is 4.79 Å². The van der Waals surface area contributed by atoms with E-state index in [4.69, 9.17) is 4.74 Å². The van der Waals surface area contributed by atoms with Crippen molar-refractivity contribution in [1.82, 2.24) is 14.8 Å². The molecule has 1 N–H and O–H groups in total. The molecule has 0 saturated carbocycles. The molecule has 0 bridgehead atoms. The highest BCUT2D eigenvalue weighted by molar-refractivity contribution is 7.99. The van der Waals surface area contributed by atoms with E-state index in [0.29, 0.717) is 16.4 Å². The molecule has 0 aliphatic carbocycles. The van der Waals surface area contributed by atoms with Crippen LogP contribution in [0.5, 0.6) is 0 Å². The molecule has 0 spiro atoms. The number of amides is 1. The fourth-order valence-electron chi connectivity index (χ4n) is 2.93. The van der Waals surface area contributed by atoms with Crippen molar-refractivity contribution in [2.75, 3.05) is 11.1 Å². The first-order valence-electron chi connectivity index (χ1n) is 10.5. The van der Waals surface area contributed by atoms with Crippen LogP contribution in [0, 0.1) is 6.92 Å². The smallest absolute Gasteiger partial charge is 0.338 e. The van der Waals surface area contributed by atoms with Crippen molar-refractivity contribution in [3.05, 3.63) is 65.5 Å². The Morgan fingerprint density at radius 1 is 1.12 bits per heavy atom. The minimum Gasteiger partial charge on any atom is -0.459 e. The second-order valence-electron chi connectivity index (χ2n) is 7.90. The number of aryl methyl sites for hydroxylation is 1. The predicted molar refractivity (Wildman–Crippen MR) is 129 cm³/mol. The molecule has 3 rings (SSSR count). The van der Waals surface area contributed by atoms with Crippen LogP contribution in [0.25, 0.3) is 0 Å². The van der Waals surface area contributed by atoms with Gasteiger partial charge in [0.1, 0.15) is 11.6 Å². The number of hydrogen-bond donors (Lipinski definition) is 1. The maximum absolute atomic E-state index is 12.7. The molecule has 0 saturated heterocycles. The van der Waals surface area contributed by atoms with Gasteiger partial charge in [-0.1, -0.05) is 35.5 Å². The molecule has 0 aliphatic rings. The summed E-state index contributed by atoms with van der Waals surface area (Å²) in [7, 11) is -1.92. The van der Waals surface area contributed by atoms with Crippen molar-refractivity contribution >= 4 is 39.2 Å². The monoisotopic (exact) mass is 502 g/mol. The van der Waals surface area contributed by atoms with Crippen LogP contribution in [0.15, 0.2) is 58.6 Å². The Hall–Kier alpha value is -3.18. The minimum atomic E-state index is -3.58. The van der Waals surface area contributed by atoms with Crippen LogP contribution in [0.1, 0.15) is 35.6 Å². The topological polar surface area (TPSA) is 120 Å². The van der Waals surface area contributed by atoms with Crippen LogP contribution in [-0.4, -0.2) is 46.9 Å². The number of benzene rings is 2. The van der Waals surface area contributed by atoms with E-state index in [9.17, 15) is 18.0 Å². The van der Waals surface area contributed by atoms with Gasteiger partial charge < -0.3 is 14.6 Å². The molecule has 0 radical (unpaired) electrons. The molecule has 2 aromatic carbocycles. The lowest BCUT2D eigenvalue weighted by atomic mass is 10.2. The van der Waals surface area contributed by atoms with E-state index < -0.39 is 15.8 Å². The largest absolute Gasteiger partial charge is 0.459 e. The molecular formula is C23H26N4O5S2. The number of nitrogens with one attached hydrogen (secondary N) is 1. The first kappa shape index (κ1) is 25.4. The summed E-state index contributed by atoms with van der Waals surface area (Å²) in [4.78, 5) is 24.7. The van der Waals surface area contributed by atoms with Crippen LogP contribution in [-0.2, 0) is 32.2 Å². The van der Waals surface area contributed by atoms with Crippen LogP contribution >= 0.6 is 11.8 Å². The van der Waals surface area contributed by atoms with Gasteiger partial charge in [0.15, 0.2) is 15.0 Å². The fourth-order valence-corrected chi connectivity index (χ4v) is 4.97. The number of rotatable bonds is 9. The van der Waals surface area contributed by atoms with Crippen molar-refractivity contribution in [2.45, 2.75) is 42.7 Å². The Bertz CT molecular complexity index is 1280. The molecule has 0 fully saturated rings. The molecular weight excluding hydrogens is 476 g/mol. The lowest BCUT2D eigenvalue weighted by molar-refractivity contribution is -0.113. The van der Waals surface area contributed by atoms with E-state index in [2.05, 4.69) is 15.5 Å². The van der Waals surface area contributed by atoms with Gasteiger partial charge in [0, 0.05) is 12.7 Å². The molecule has 11 heteroatoms. The summed E-state index contributed by atoms with van der Waals surface area (Å²) in [5, 5.41) is 11.2. The Morgan fingerprint density at radius 2 is 1.82 bits per heavy atom. The number of aromatic nitrogens is 3. The molecule has 1 heterocycles. The normalized spacial score (nSPS) is 11.4. The molecule has 34 heavy (non-hydrogen) atoms. The zero-order chi connectivity index (χ0) is 24.9. The van der Waals surface area contributed by atoms with Gasteiger partial charge >= 0.3 is 5.97 Å². The Labute approximate surface area is 202 Å². The minimum absolute atomic E-state index is 0.0252. The molecule has 0 aliphatic heterocycles. The van der Waals surface area contributed by atoms with Gasteiger partial charge in [-0.2, -0.15) is 0 Å². The van der Waals surface area contributed by atoms with Gasteiger partial charge in [0.05, 0.1) is 22.3 Å². The van der Waals surface area contributed by atoms with Crippen molar-refractivity contribution in [3.63, 3.8) is 0 Å². The average molecular weight is 503 g/mol. The second kappa shape index (κ2) is 10.8. The van der Waals surface area contributed by atoms with E-state index in [0.717, 1.165) is 17.3 Å². The molecule has 1 amide bonds. The predicted octanol–water partition coefficient (Wildman–Crippen LogP) is 3.39. The fraction of sp³-hybridized carbons (Fsp3) is 0.304. The SMILES string of the molecule is Cc1ccc(S(=O)(=O)Cc2nnc(SCC(=O)Nc3cccc(C(=O)OC(C)C)c3)n2C)cc1. The molecule has 3 aromatic rings. The van der Waals surface area contributed by atoms with Crippen LogP contribution < -0.4 is 5.32 Å². The number of hydrogen-bond acceptors (Lipinski definition) is 8. The number of ether oxygens (including phenoxy) is 1. The third-order valence-corrected chi connectivity index (χ3v) is 7.33. The Kier molecular flexibility index (Phi) is 8.11. The molecule has 0 unspecified atom stereocenters. The summed E-state index contributed by atoms with van der Waals surface area (Å²) in [6, 6.07) is 13.1. The van der Waals surface area contributed by atoms with Gasteiger partial charge in [0.2, 0.25) is 5.91 Å². The zero-order valence-electron chi connectivity index (χ0n) is 19.3. The first-order valence-corrected chi connectivity index (χ1v) is 13.1. The third kappa shape index (κ3) is 6.67. The number of esters is 1. The van der Waals surface area contributed by atoms with Gasteiger partial charge in [-0.25, -0.2) is 13.2 Å². The maximum Gasteiger partial charge on any atom is 0.338 e. The van der Waals surface area contributed by atoms with E-state index in [-0.39, 0.29) is 34.2 Å². The van der Waals surface area contributed by atoms with Gasteiger partial charge in [0.25, 0.3) is 0 Å². The summed E-state index contributed by atoms with van der Waals surface area (Å²) in [6.07, 6.45) is -0.245. The first-order chi connectivity index (χ1) is 16.0. The summed E-state index contributed by atoms with van der Waals surface area (Å²) < 4.78 is 32.1. The highest BCUT2D eigenvalue weighted by atomic mass is 32.2. The van der Waals surface area contributed by atoms with Crippen molar-refractivity contribution in [1.29, 1.82) is 0 Å². The van der Waals surface area contributed by atoms with E-state index >= 15 is 0 Å². The quantitative estimate of drug-likeness (QED) is 0.349.